The average molecular weight is 260 g/mol. The molecule has 0 aromatic carbocycles. The van der Waals surface area contributed by atoms with Crippen molar-refractivity contribution in [2.24, 2.45) is 0 Å². The summed E-state index contributed by atoms with van der Waals surface area (Å²) in [4.78, 5) is 8.16. The smallest absolute Gasteiger partial charge is 0.221 e. The zero-order valence-corrected chi connectivity index (χ0v) is 11.1. The van der Waals surface area contributed by atoms with Gasteiger partial charge in [-0.05, 0) is 13.3 Å². The first kappa shape index (κ1) is 14.0. The first-order valence-corrected chi connectivity index (χ1v) is 5.85. The second-order valence-corrected chi connectivity index (χ2v) is 4.24. The summed E-state index contributed by atoms with van der Waals surface area (Å²) in [6.45, 7) is 3.20. The van der Waals surface area contributed by atoms with Gasteiger partial charge in [0.2, 0.25) is 5.88 Å². The minimum Gasteiger partial charge on any atom is -0.481 e. The monoisotopic (exact) mass is 259 g/mol. The fourth-order valence-electron chi connectivity index (χ4n) is 1.43. The van der Waals surface area contributed by atoms with Crippen LogP contribution in [0.15, 0.2) is 6.33 Å². The third-order valence-electron chi connectivity index (χ3n) is 2.33. The molecular formula is C11H18ClN3O2. The van der Waals surface area contributed by atoms with Crippen molar-refractivity contribution in [3.63, 3.8) is 0 Å². The maximum absolute atomic E-state index is 6.02. The van der Waals surface area contributed by atoms with Gasteiger partial charge in [0.05, 0.1) is 24.7 Å². The molecule has 1 aromatic rings. The van der Waals surface area contributed by atoms with E-state index in [9.17, 15) is 0 Å². The number of nitrogens with one attached hydrogen (secondary N) is 1. The second kappa shape index (κ2) is 7.29. The van der Waals surface area contributed by atoms with Crippen molar-refractivity contribution in [1.82, 2.24) is 9.97 Å². The van der Waals surface area contributed by atoms with Crippen molar-refractivity contribution in [2.45, 2.75) is 18.7 Å². The lowest BCUT2D eigenvalue weighted by atomic mass is 10.3. The maximum atomic E-state index is 6.02. The van der Waals surface area contributed by atoms with Crippen LogP contribution >= 0.6 is 11.6 Å². The number of methoxy groups -OCH3 is 2. The van der Waals surface area contributed by atoms with E-state index in [4.69, 9.17) is 21.1 Å². The highest BCUT2D eigenvalue weighted by atomic mass is 35.5. The van der Waals surface area contributed by atoms with Gasteiger partial charge in [0, 0.05) is 13.7 Å². The van der Waals surface area contributed by atoms with E-state index < -0.39 is 0 Å². The Morgan fingerprint density at radius 2 is 2.18 bits per heavy atom. The second-order valence-electron chi connectivity index (χ2n) is 3.62. The van der Waals surface area contributed by atoms with Gasteiger partial charge >= 0.3 is 0 Å². The number of hydrogen-bond acceptors (Lipinski definition) is 5. The van der Waals surface area contributed by atoms with Crippen molar-refractivity contribution in [3.8, 4) is 5.88 Å². The number of alkyl halides is 1. The van der Waals surface area contributed by atoms with Crippen LogP contribution in [0, 0.1) is 6.92 Å². The van der Waals surface area contributed by atoms with Gasteiger partial charge in [-0.25, -0.2) is 9.97 Å². The first-order valence-electron chi connectivity index (χ1n) is 5.41. The van der Waals surface area contributed by atoms with E-state index in [0.717, 1.165) is 24.3 Å². The highest BCUT2D eigenvalue weighted by Crippen LogP contribution is 2.19. The minimum atomic E-state index is 0.0107. The Hall–Kier alpha value is -1.07. The molecule has 0 aliphatic rings. The average Bonchev–Trinajstić information content (AvgIpc) is 2.32. The SMILES string of the molecule is COCC(Cl)CCNc1ncnc(OC)c1C. The van der Waals surface area contributed by atoms with Crippen LogP contribution in [-0.4, -0.2) is 42.7 Å². The van der Waals surface area contributed by atoms with Gasteiger partial charge in [0.15, 0.2) is 0 Å². The van der Waals surface area contributed by atoms with E-state index in [2.05, 4.69) is 15.3 Å². The Morgan fingerprint density at radius 3 is 2.82 bits per heavy atom. The predicted molar refractivity (Wildman–Crippen MR) is 67.9 cm³/mol. The number of halogens is 1. The Labute approximate surface area is 107 Å². The summed E-state index contributed by atoms with van der Waals surface area (Å²) in [5.41, 5.74) is 0.896. The third kappa shape index (κ3) is 4.36. The van der Waals surface area contributed by atoms with Crippen LogP contribution in [0.2, 0.25) is 0 Å². The van der Waals surface area contributed by atoms with Gasteiger partial charge in [0.1, 0.15) is 12.1 Å². The molecule has 0 fully saturated rings. The van der Waals surface area contributed by atoms with Crippen molar-refractivity contribution >= 4 is 17.4 Å². The lowest BCUT2D eigenvalue weighted by molar-refractivity contribution is 0.196. The van der Waals surface area contributed by atoms with Crippen LogP contribution < -0.4 is 10.1 Å². The predicted octanol–water partition coefficient (Wildman–Crippen LogP) is 1.85. The van der Waals surface area contributed by atoms with Crippen LogP contribution in [0.4, 0.5) is 5.82 Å². The molecule has 0 amide bonds. The normalized spacial score (nSPS) is 12.2. The van der Waals surface area contributed by atoms with Gasteiger partial charge in [-0.15, -0.1) is 11.6 Å². The van der Waals surface area contributed by atoms with Crippen LogP contribution in [0.1, 0.15) is 12.0 Å². The molecule has 5 nitrogen and oxygen atoms in total. The zero-order valence-electron chi connectivity index (χ0n) is 10.4. The molecule has 0 aliphatic heterocycles. The van der Waals surface area contributed by atoms with Crippen molar-refractivity contribution in [1.29, 1.82) is 0 Å². The lowest BCUT2D eigenvalue weighted by Crippen LogP contribution is -2.14. The van der Waals surface area contributed by atoms with Crippen LogP contribution in [-0.2, 0) is 4.74 Å². The van der Waals surface area contributed by atoms with Crippen molar-refractivity contribution in [2.75, 3.05) is 32.7 Å². The molecule has 0 saturated heterocycles. The molecule has 6 heteroatoms. The zero-order chi connectivity index (χ0) is 12.7. The summed E-state index contributed by atoms with van der Waals surface area (Å²) < 4.78 is 10.1. The summed E-state index contributed by atoms with van der Waals surface area (Å²) in [6, 6.07) is 0. The largest absolute Gasteiger partial charge is 0.481 e. The molecular weight excluding hydrogens is 242 g/mol. The summed E-state index contributed by atoms with van der Waals surface area (Å²) >= 11 is 6.02. The highest BCUT2D eigenvalue weighted by molar-refractivity contribution is 6.20. The molecule has 1 rings (SSSR count). The highest BCUT2D eigenvalue weighted by Gasteiger charge is 2.08. The van der Waals surface area contributed by atoms with Gasteiger partial charge in [-0.1, -0.05) is 0 Å². The van der Waals surface area contributed by atoms with Gasteiger partial charge in [0.25, 0.3) is 0 Å². The van der Waals surface area contributed by atoms with Gasteiger partial charge in [-0.3, -0.25) is 0 Å². The quantitative estimate of drug-likeness (QED) is 0.758. The van der Waals surface area contributed by atoms with Gasteiger partial charge in [-0.2, -0.15) is 0 Å². The van der Waals surface area contributed by atoms with Crippen molar-refractivity contribution in [3.05, 3.63) is 11.9 Å². The number of rotatable bonds is 7. The molecule has 1 atom stereocenters. The summed E-state index contributed by atoms with van der Waals surface area (Å²) in [6.07, 6.45) is 2.28. The van der Waals surface area contributed by atoms with E-state index in [-0.39, 0.29) is 5.38 Å². The summed E-state index contributed by atoms with van der Waals surface area (Å²) in [5, 5.41) is 3.22. The molecule has 1 unspecified atom stereocenters. The Bertz CT molecular complexity index is 349. The number of nitrogens with zero attached hydrogens (tertiary/aromatic N) is 2. The van der Waals surface area contributed by atoms with E-state index in [0.29, 0.717) is 12.5 Å². The van der Waals surface area contributed by atoms with E-state index >= 15 is 0 Å². The molecule has 0 spiro atoms. The summed E-state index contributed by atoms with van der Waals surface area (Å²) in [7, 11) is 3.23. The summed E-state index contributed by atoms with van der Waals surface area (Å²) in [5.74, 6) is 1.36. The molecule has 1 heterocycles. The molecule has 0 saturated carbocycles. The minimum absolute atomic E-state index is 0.0107. The third-order valence-corrected chi connectivity index (χ3v) is 2.67. The van der Waals surface area contributed by atoms with E-state index in [1.165, 1.54) is 6.33 Å². The van der Waals surface area contributed by atoms with Gasteiger partial charge < -0.3 is 14.8 Å². The standard InChI is InChI=1S/C11H18ClN3O2/c1-8-10(14-7-15-11(8)17-3)13-5-4-9(12)6-16-2/h7,9H,4-6H2,1-3H3,(H,13,14,15). The molecule has 0 radical (unpaired) electrons. The van der Waals surface area contributed by atoms with Crippen molar-refractivity contribution < 1.29 is 9.47 Å². The van der Waals surface area contributed by atoms with Crippen LogP contribution in [0.25, 0.3) is 0 Å². The fourth-order valence-corrected chi connectivity index (χ4v) is 1.66. The molecule has 0 bridgehead atoms. The molecule has 0 aliphatic carbocycles. The lowest BCUT2D eigenvalue weighted by Gasteiger charge is -2.12. The number of aromatic nitrogens is 2. The fraction of sp³-hybridized carbons (Fsp3) is 0.636. The topological polar surface area (TPSA) is 56.3 Å². The van der Waals surface area contributed by atoms with Crippen LogP contribution in [0.3, 0.4) is 0 Å². The first-order chi connectivity index (χ1) is 8.19. The van der Waals surface area contributed by atoms with Crippen LogP contribution in [0.5, 0.6) is 5.88 Å². The van der Waals surface area contributed by atoms with E-state index in [1.807, 2.05) is 6.92 Å². The molecule has 1 N–H and O–H groups in total. The molecule has 1 aromatic heterocycles. The number of hydrogen-bond donors (Lipinski definition) is 1. The Balaban J connectivity index is 2.46. The molecule has 96 valence electrons. The Kier molecular flexibility index (Phi) is 6.00. The Morgan fingerprint density at radius 1 is 1.41 bits per heavy atom. The maximum Gasteiger partial charge on any atom is 0.221 e. The molecule has 17 heavy (non-hydrogen) atoms. The van der Waals surface area contributed by atoms with E-state index in [1.54, 1.807) is 14.2 Å². The number of ether oxygens (including phenoxy) is 2. The number of anilines is 1.